The summed E-state index contributed by atoms with van der Waals surface area (Å²) in [4.78, 5) is 12.3. The van der Waals surface area contributed by atoms with Gasteiger partial charge in [-0.05, 0) is 84.7 Å². The van der Waals surface area contributed by atoms with E-state index in [9.17, 15) is 14.5 Å². The predicted molar refractivity (Wildman–Crippen MR) is 133 cm³/mol. The summed E-state index contributed by atoms with van der Waals surface area (Å²) in [6.07, 6.45) is -0.311. The quantitative estimate of drug-likeness (QED) is 0.233. The van der Waals surface area contributed by atoms with Gasteiger partial charge in [-0.1, -0.05) is 0 Å². The first-order chi connectivity index (χ1) is 16.8. The highest BCUT2D eigenvalue weighted by molar-refractivity contribution is 7.97. The van der Waals surface area contributed by atoms with Crippen molar-refractivity contribution in [1.82, 2.24) is 4.31 Å². The van der Waals surface area contributed by atoms with Crippen LogP contribution in [0.25, 0.3) is 0 Å². The van der Waals surface area contributed by atoms with Gasteiger partial charge >= 0.3 is 13.6 Å². The Bertz CT molecular complexity index is 1090. The normalized spacial score (nSPS) is 11.1. The van der Waals surface area contributed by atoms with Crippen molar-refractivity contribution in [2.75, 3.05) is 34.2 Å². The van der Waals surface area contributed by atoms with Gasteiger partial charge in [0.25, 0.3) is 0 Å². The molecule has 0 saturated carbocycles. The molecule has 3 aromatic rings. The monoisotopic (exact) mass is 519 g/mol. The number of aliphatic carboxylic acids is 1. The maximum atomic E-state index is 14.0. The highest BCUT2D eigenvalue weighted by atomic mass is 32.2. The first-order valence-corrected chi connectivity index (χ1v) is 12.9. The molecule has 186 valence electrons. The molecule has 0 aromatic heterocycles. The second kappa shape index (κ2) is 12.4. The number of rotatable bonds is 13. The number of hydrogen-bond donors (Lipinski definition) is 1. The number of nitrogens with zero attached hydrogens (tertiary/aromatic N) is 1. The van der Waals surface area contributed by atoms with Crippen molar-refractivity contribution in [2.45, 2.75) is 4.90 Å². The van der Waals surface area contributed by atoms with Crippen molar-refractivity contribution >= 4 is 25.5 Å². The lowest BCUT2D eigenvalue weighted by molar-refractivity contribution is -0.136. The smallest absolute Gasteiger partial charge is 0.445 e. The van der Waals surface area contributed by atoms with Crippen LogP contribution in [-0.2, 0) is 9.36 Å². The van der Waals surface area contributed by atoms with Crippen molar-refractivity contribution in [1.29, 1.82) is 0 Å². The summed E-state index contributed by atoms with van der Waals surface area (Å²) in [6.45, 7) is -0.404. The molecule has 0 spiro atoms. The third-order valence-electron chi connectivity index (χ3n) is 4.54. The number of hydrogen-bond acceptors (Lipinski definition) is 9. The second-order valence-corrected chi connectivity index (χ2v) is 10.1. The van der Waals surface area contributed by atoms with Crippen LogP contribution in [-0.4, -0.2) is 49.5 Å². The Morgan fingerprint density at radius 1 is 0.743 bits per heavy atom. The van der Waals surface area contributed by atoms with E-state index in [1.807, 2.05) is 0 Å². The zero-order chi connectivity index (χ0) is 25.3. The SMILES string of the molecule is COc1ccc(OP(=O)(CN(CC(=O)O)Sc2ccc(OC)cc2)Oc2ccc(OC)cc2)cc1. The molecule has 0 bridgehead atoms. The van der Waals surface area contributed by atoms with Gasteiger partial charge in [0.05, 0.1) is 21.3 Å². The van der Waals surface area contributed by atoms with Crippen LogP contribution in [0.2, 0.25) is 0 Å². The second-order valence-electron chi connectivity index (χ2n) is 7.09. The fourth-order valence-electron chi connectivity index (χ4n) is 2.91. The molecule has 3 aromatic carbocycles. The van der Waals surface area contributed by atoms with Gasteiger partial charge in [0.2, 0.25) is 0 Å². The van der Waals surface area contributed by atoms with Gasteiger partial charge in [-0.25, -0.2) is 8.87 Å². The average molecular weight is 520 g/mol. The lowest BCUT2D eigenvalue weighted by Crippen LogP contribution is -2.26. The van der Waals surface area contributed by atoms with Crippen molar-refractivity contribution in [2.24, 2.45) is 0 Å². The Hall–Kier alpha value is -3.33. The van der Waals surface area contributed by atoms with Gasteiger partial charge in [0, 0.05) is 4.90 Å². The van der Waals surface area contributed by atoms with Gasteiger partial charge in [-0.15, -0.1) is 0 Å². The summed E-state index contributed by atoms with van der Waals surface area (Å²) in [7, 11) is 0.689. The Morgan fingerprint density at radius 2 is 1.11 bits per heavy atom. The van der Waals surface area contributed by atoms with Crippen molar-refractivity contribution in [3.63, 3.8) is 0 Å². The van der Waals surface area contributed by atoms with Crippen LogP contribution in [0.1, 0.15) is 0 Å². The van der Waals surface area contributed by atoms with E-state index in [4.69, 9.17) is 23.3 Å². The largest absolute Gasteiger partial charge is 0.497 e. The number of ether oxygens (including phenoxy) is 3. The minimum absolute atomic E-state index is 0.285. The van der Waals surface area contributed by atoms with Gasteiger partial charge in [0.1, 0.15) is 41.6 Å². The van der Waals surface area contributed by atoms with E-state index in [1.54, 1.807) is 79.9 Å². The minimum atomic E-state index is -3.94. The summed E-state index contributed by atoms with van der Waals surface area (Å²) >= 11 is 1.12. The molecule has 0 heterocycles. The minimum Gasteiger partial charge on any atom is -0.497 e. The van der Waals surface area contributed by atoms with Crippen LogP contribution in [0.15, 0.2) is 77.7 Å². The topological polar surface area (TPSA) is 104 Å². The number of benzene rings is 3. The van der Waals surface area contributed by atoms with Crippen molar-refractivity contribution in [3.05, 3.63) is 72.8 Å². The summed E-state index contributed by atoms with van der Waals surface area (Å²) in [5.41, 5.74) is 0. The Balaban J connectivity index is 1.87. The van der Waals surface area contributed by atoms with Crippen molar-refractivity contribution in [3.8, 4) is 28.7 Å². The summed E-state index contributed by atoms with van der Waals surface area (Å²) in [5, 5.41) is 9.46. The standard InChI is InChI=1S/C24H26NO8PS/c1-29-18-4-8-21(9-5-18)32-34(28,33-22-10-6-19(30-2)7-11-22)17-25(16-24(26)27)35-23-14-12-20(31-3)13-15-23/h4-15H,16-17H2,1-3H3,(H,26,27). The maximum absolute atomic E-state index is 14.0. The third kappa shape index (κ3) is 8.13. The Kier molecular flexibility index (Phi) is 9.31. The molecular weight excluding hydrogens is 493 g/mol. The molecular formula is C24H26NO8PS. The molecule has 3 rings (SSSR count). The van der Waals surface area contributed by atoms with E-state index < -0.39 is 20.1 Å². The lowest BCUT2D eigenvalue weighted by Gasteiger charge is -2.26. The summed E-state index contributed by atoms with van der Waals surface area (Å²) in [5.74, 6) is 1.35. The van der Waals surface area contributed by atoms with E-state index >= 15 is 0 Å². The Morgan fingerprint density at radius 3 is 1.49 bits per heavy atom. The number of carboxylic acids is 1. The molecule has 9 nitrogen and oxygen atoms in total. The zero-order valence-electron chi connectivity index (χ0n) is 19.5. The van der Waals surface area contributed by atoms with E-state index in [2.05, 4.69) is 0 Å². The molecule has 0 radical (unpaired) electrons. The van der Waals surface area contributed by atoms with Crippen LogP contribution in [0.5, 0.6) is 28.7 Å². The number of methoxy groups -OCH3 is 3. The molecule has 0 fully saturated rings. The molecule has 35 heavy (non-hydrogen) atoms. The molecule has 11 heteroatoms. The van der Waals surface area contributed by atoms with E-state index in [0.717, 1.165) is 16.8 Å². The maximum Gasteiger partial charge on any atom is 0.445 e. The third-order valence-corrected chi connectivity index (χ3v) is 7.40. The average Bonchev–Trinajstić information content (AvgIpc) is 2.85. The van der Waals surface area contributed by atoms with E-state index in [0.29, 0.717) is 17.2 Å². The first kappa shape index (κ1) is 26.3. The predicted octanol–water partition coefficient (Wildman–Crippen LogP) is 5.41. The first-order valence-electron chi connectivity index (χ1n) is 10.4. The highest BCUT2D eigenvalue weighted by Gasteiger charge is 2.33. The molecule has 0 amide bonds. The number of carboxylic acid groups (broad SMARTS) is 1. The zero-order valence-corrected chi connectivity index (χ0v) is 21.2. The van der Waals surface area contributed by atoms with Gasteiger partial charge in [-0.2, -0.15) is 0 Å². The number of carbonyl (C=O) groups is 1. The van der Waals surface area contributed by atoms with E-state index in [-0.39, 0.29) is 17.8 Å². The fourth-order valence-corrected chi connectivity index (χ4v) is 5.82. The molecule has 0 aliphatic heterocycles. The molecule has 1 N–H and O–H groups in total. The van der Waals surface area contributed by atoms with Crippen LogP contribution in [0.4, 0.5) is 0 Å². The molecule has 0 unspecified atom stereocenters. The summed E-state index contributed by atoms with van der Waals surface area (Å²) < 4.78 is 42.5. The molecule has 0 atom stereocenters. The molecule has 0 saturated heterocycles. The lowest BCUT2D eigenvalue weighted by atomic mass is 10.3. The Labute approximate surface area is 208 Å². The van der Waals surface area contributed by atoms with E-state index in [1.165, 1.54) is 18.5 Å². The molecule has 0 aliphatic carbocycles. The van der Waals surface area contributed by atoms with Gasteiger partial charge in [0.15, 0.2) is 0 Å². The summed E-state index contributed by atoms with van der Waals surface area (Å²) in [6, 6.07) is 20.1. The van der Waals surface area contributed by atoms with Crippen LogP contribution < -0.4 is 23.3 Å². The van der Waals surface area contributed by atoms with Gasteiger partial charge < -0.3 is 28.4 Å². The molecule has 0 aliphatic rings. The van der Waals surface area contributed by atoms with Crippen molar-refractivity contribution < 1.29 is 37.7 Å². The van der Waals surface area contributed by atoms with Crippen LogP contribution in [0.3, 0.4) is 0 Å². The highest BCUT2D eigenvalue weighted by Crippen LogP contribution is 2.50. The van der Waals surface area contributed by atoms with Crippen LogP contribution in [0, 0.1) is 0 Å². The van der Waals surface area contributed by atoms with Crippen LogP contribution >= 0.6 is 19.5 Å². The van der Waals surface area contributed by atoms with Gasteiger partial charge in [-0.3, -0.25) is 4.79 Å². The fraction of sp³-hybridized carbons (Fsp3) is 0.208.